The van der Waals surface area contributed by atoms with Crippen LogP contribution in [0.4, 0.5) is 0 Å². The third-order valence-corrected chi connectivity index (χ3v) is 6.34. The number of amides is 1. The summed E-state index contributed by atoms with van der Waals surface area (Å²) in [5.41, 5.74) is 2.86. The molecular formula is C20H22N7OS+. The van der Waals surface area contributed by atoms with Crippen LogP contribution >= 0.6 is 11.3 Å². The second kappa shape index (κ2) is 7.16. The summed E-state index contributed by atoms with van der Waals surface area (Å²) in [4.78, 5) is 29.6. The fraction of sp³-hybridized carbons (Fsp3) is 0.350. The number of fused-ring (bicyclic) bond motifs is 2. The molecule has 1 aliphatic heterocycles. The van der Waals surface area contributed by atoms with Gasteiger partial charge in [0.05, 0.1) is 36.4 Å². The lowest BCUT2D eigenvalue weighted by Gasteiger charge is -2.31. The van der Waals surface area contributed by atoms with E-state index in [2.05, 4.69) is 27.2 Å². The van der Waals surface area contributed by atoms with E-state index in [9.17, 15) is 4.79 Å². The van der Waals surface area contributed by atoms with Gasteiger partial charge in [-0.1, -0.05) is 12.1 Å². The number of aromatic nitrogens is 5. The molecule has 0 unspecified atom stereocenters. The smallest absolute Gasteiger partial charge is 0.294 e. The fourth-order valence-electron chi connectivity index (χ4n) is 3.81. The van der Waals surface area contributed by atoms with Crippen LogP contribution in [0.3, 0.4) is 0 Å². The Kier molecular flexibility index (Phi) is 4.48. The van der Waals surface area contributed by atoms with Crippen LogP contribution in [0, 0.1) is 13.8 Å². The lowest BCUT2D eigenvalue weighted by molar-refractivity contribution is -0.917. The number of carbonyl (C=O) groups excluding carboxylic acids is 1. The molecule has 1 fully saturated rings. The summed E-state index contributed by atoms with van der Waals surface area (Å²) in [5, 5.41) is 5.53. The van der Waals surface area contributed by atoms with E-state index >= 15 is 0 Å². The largest absolute Gasteiger partial charge is 0.326 e. The number of para-hydroxylation sites is 1. The zero-order valence-corrected chi connectivity index (χ0v) is 17.2. The summed E-state index contributed by atoms with van der Waals surface area (Å²) >= 11 is 1.76. The summed E-state index contributed by atoms with van der Waals surface area (Å²) < 4.78 is 2.86. The van der Waals surface area contributed by atoms with E-state index in [0.29, 0.717) is 18.9 Å². The summed E-state index contributed by atoms with van der Waals surface area (Å²) in [6.45, 7) is 7.93. The Morgan fingerprint density at radius 3 is 2.72 bits per heavy atom. The quantitative estimate of drug-likeness (QED) is 0.545. The first-order chi connectivity index (χ1) is 14.1. The van der Waals surface area contributed by atoms with Crippen LogP contribution in [0.25, 0.3) is 16.0 Å². The minimum Gasteiger partial charge on any atom is -0.326 e. The standard InChI is InChI=1S/C20H21N7OS/c1-13-11-14(2)27-20(21-13)23-18(24-27)19(28)26-9-7-25(8-10-26)12-17-22-15-5-3-4-6-16(15)29-17/h3-6,11H,7-10,12H2,1-2H3/p+1. The molecule has 9 heteroatoms. The number of benzene rings is 1. The van der Waals surface area contributed by atoms with Crippen molar-refractivity contribution in [3.8, 4) is 0 Å². The maximum Gasteiger partial charge on any atom is 0.294 e. The molecule has 5 rings (SSSR count). The number of hydrogen-bond acceptors (Lipinski definition) is 6. The van der Waals surface area contributed by atoms with Crippen molar-refractivity contribution in [1.29, 1.82) is 0 Å². The molecule has 0 spiro atoms. The van der Waals surface area contributed by atoms with Crippen LogP contribution < -0.4 is 4.90 Å². The van der Waals surface area contributed by atoms with Crippen molar-refractivity contribution in [3.63, 3.8) is 0 Å². The van der Waals surface area contributed by atoms with Gasteiger partial charge in [-0.05, 0) is 32.0 Å². The number of hydrogen-bond donors (Lipinski definition) is 1. The molecule has 1 aliphatic rings. The molecule has 0 saturated carbocycles. The number of piperazine rings is 1. The number of nitrogens with one attached hydrogen (secondary N) is 1. The van der Waals surface area contributed by atoms with E-state index < -0.39 is 0 Å². The van der Waals surface area contributed by atoms with Gasteiger partial charge in [-0.15, -0.1) is 16.4 Å². The van der Waals surface area contributed by atoms with Crippen molar-refractivity contribution in [1.82, 2.24) is 29.5 Å². The Morgan fingerprint density at radius 2 is 1.93 bits per heavy atom. The maximum atomic E-state index is 12.9. The highest BCUT2D eigenvalue weighted by Crippen LogP contribution is 2.20. The van der Waals surface area contributed by atoms with Crippen molar-refractivity contribution < 1.29 is 9.69 Å². The van der Waals surface area contributed by atoms with Gasteiger partial charge in [0.1, 0.15) is 11.6 Å². The molecule has 148 valence electrons. The highest BCUT2D eigenvalue weighted by molar-refractivity contribution is 7.18. The topological polar surface area (TPSA) is 80.7 Å². The van der Waals surface area contributed by atoms with Crippen LogP contribution in [0.5, 0.6) is 0 Å². The van der Waals surface area contributed by atoms with Gasteiger partial charge in [-0.25, -0.2) is 14.5 Å². The Labute approximate surface area is 171 Å². The number of aryl methyl sites for hydroxylation is 2. The second-order valence-corrected chi connectivity index (χ2v) is 8.60. The predicted molar refractivity (Wildman–Crippen MR) is 110 cm³/mol. The van der Waals surface area contributed by atoms with Gasteiger partial charge in [0.15, 0.2) is 0 Å². The zero-order valence-electron chi connectivity index (χ0n) is 16.4. The van der Waals surface area contributed by atoms with Gasteiger partial charge in [-0.3, -0.25) is 4.79 Å². The molecule has 4 aromatic rings. The number of thiazole rings is 1. The maximum absolute atomic E-state index is 12.9. The van der Waals surface area contributed by atoms with Crippen LogP contribution in [-0.4, -0.2) is 61.6 Å². The highest BCUT2D eigenvalue weighted by Gasteiger charge is 2.28. The number of rotatable bonds is 3. The van der Waals surface area contributed by atoms with Gasteiger partial charge in [0, 0.05) is 11.4 Å². The summed E-state index contributed by atoms with van der Waals surface area (Å²) in [6.07, 6.45) is 0. The van der Waals surface area contributed by atoms with Crippen molar-refractivity contribution in [3.05, 3.63) is 52.6 Å². The molecule has 3 aromatic heterocycles. The third kappa shape index (κ3) is 3.47. The lowest BCUT2D eigenvalue weighted by Crippen LogP contribution is -3.13. The van der Waals surface area contributed by atoms with E-state index in [1.54, 1.807) is 15.9 Å². The molecule has 0 aliphatic carbocycles. The average molecular weight is 409 g/mol. The SMILES string of the molecule is Cc1cc(C)n2nc(C(=O)N3CC[NH+](Cc4nc5ccccc5s4)CC3)nc2n1. The van der Waals surface area contributed by atoms with Crippen LogP contribution in [0.1, 0.15) is 27.0 Å². The first-order valence-electron chi connectivity index (χ1n) is 9.75. The average Bonchev–Trinajstić information content (AvgIpc) is 3.31. The molecule has 1 saturated heterocycles. The Balaban J connectivity index is 1.25. The van der Waals surface area contributed by atoms with Gasteiger partial charge in [-0.2, -0.15) is 4.98 Å². The van der Waals surface area contributed by atoms with Crippen LogP contribution in [0.2, 0.25) is 0 Å². The van der Waals surface area contributed by atoms with E-state index in [-0.39, 0.29) is 11.7 Å². The summed E-state index contributed by atoms with van der Waals surface area (Å²) in [6, 6.07) is 10.2. The van der Waals surface area contributed by atoms with E-state index in [0.717, 1.165) is 41.5 Å². The lowest BCUT2D eigenvalue weighted by atomic mass is 10.3. The van der Waals surface area contributed by atoms with E-state index in [1.807, 2.05) is 36.9 Å². The van der Waals surface area contributed by atoms with Gasteiger partial charge >= 0.3 is 0 Å². The molecule has 1 amide bonds. The van der Waals surface area contributed by atoms with E-state index in [4.69, 9.17) is 4.98 Å². The zero-order chi connectivity index (χ0) is 20.0. The summed E-state index contributed by atoms with van der Waals surface area (Å²) in [7, 11) is 0. The van der Waals surface area contributed by atoms with Crippen LogP contribution in [-0.2, 0) is 6.54 Å². The molecule has 4 heterocycles. The Morgan fingerprint density at radius 1 is 1.14 bits per heavy atom. The minimum absolute atomic E-state index is 0.119. The second-order valence-electron chi connectivity index (χ2n) is 7.48. The monoisotopic (exact) mass is 408 g/mol. The van der Waals surface area contributed by atoms with Gasteiger partial charge in [0.25, 0.3) is 11.7 Å². The normalized spacial score (nSPS) is 15.4. The molecule has 0 radical (unpaired) electrons. The number of quaternary nitrogens is 1. The minimum atomic E-state index is -0.119. The molecule has 0 atom stereocenters. The number of nitrogens with zero attached hydrogens (tertiary/aromatic N) is 6. The molecule has 0 bridgehead atoms. The molecule has 8 nitrogen and oxygen atoms in total. The van der Waals surface area contributed by atoms with Gasteiger partial charge in [0.2, 0.25) is 5.82 Å². The molecule has 29 heavy (non-hydrogen) atoms. The molecule has 1 N–H and O–H groups in total. The molecule has 1 aromatic carbocycles. The predicted octanol–water partition coefficient (Wildman–Crippen LogP) is 0.892. The Bertz CT molecular complexity index is 1170. The van der Waals surface area contributed by atoms with Gasteiger partial charge < -0.3 is 9.80 Å². The van der Waals surface area contributed by atoms with Crippen molar-refractivity contribution in [2.75, 3.05) is 26.2 Å². The first kappa shape index (κ1) is 18.1. The Hall–Kier alpha value is -2.91. The van der Waals surface area contributed by atoms with Crippen molar-refractivity contribution >= 4 is 33.2 Å². The molecular weight excluding hydrogens is 386 g/mol. The van der Waals surface area contributed by atoms with Crippen LogP contribution in [0.15, 0.2) is 30.3 Å². The van der Waals surface area contributed by atoms with E-state index in [1.165, 1.54) is 9.60 Å². The first-order valence-corrected chi connectivity index (χ1v) is 10.6. The van der Waals surface area contributed by atoms with Crippen molar-refractivity contribution in [2.45, 2.75) is 20.4 Å². The highest BCUT2D eigenvalue weighted by atomic mass is 32.1. The summed E-state index contributed by atoms with van der Waals surface area (Å²) in [5.74, 6) is 0.582. The van der Waals surface area contributed by atoms with Crippen molar-refractivity contribution in [2.24, 2.45) is 0 Å². The number of carbonyl (C=O) groups is 1. The fourth-order valence-corrected chi connectivity index (χ4v) is 4.85. The third-order valence-electron chi connectivity index (χ3n) is 5.31.